The largest absolute Gasteiger partial charge is 0.495 e. The second-order valence-electron chi connectivity index (χ2n) is 6.58. The Balaban J connectivity index is 1.87. The van der Waals surface area contributed by atoms with Crippen molar-refractivity contribution in [1.29, 1.82) is 0 Å². The Bertz CT molecular complexity index is 1070. The molecule has 0 unspecified atom stereocenters. The summed E-state index contributed by atoms with van der Waals surface area (Å²) in [4.78, 5) is 22.1. The van der Waals surface area contributed by atoms with E-state index in [1.54, 1.807) is 0 Å². The number of rotatable bonds is 9. The summed E-state index contributed by atoms with van der Waals surface area (Å²) in [6.45, 7) is 0.00523. The van der Waals surface area contributed by atoms with E-state index < -0.39 is 20.9 Å². The van der Waals surface area contributed by atoms with Gasteiger partial charge in [0.1, 0.15) is 5.75 Å². The number of methoxy groups -OCH3 is 1. The number of primary amides is 1. The Hall–Kier alpha value is -3.18. The van der Waals surface area contributed by atoms with E-state index in [9.17, 15) is 23.3 Å². The highest BCUT2D eigenvalue weighted by Crippen LogP contribution is 2.30. The lowest BCUT2D eigenvalue weighted by Gasteiger charge is -2.14. The Kier molecular flexibility index (Phi) is 5.71. The summed E-state index contributed by atoms with van der Waals surface area (Å²) in [5, 5.41) is 14.3. The molecule has 0 heterocycles. The molecule has 2 aromatic carbocycles. The lowest BCUT2D eigenvalue weighted by atomic mass is 10.1. The molecule has 0 atom stereocenters. The monoisotopic (exact) mass is 420 g/mol. The number of hydrogen-bond donors (Lipinski definition) is 3. The van der Waals surface area contributed by atoms with Crippen molar-refractivity contribution in [2.75, 3.05) is 12.4 Å². The van der Waals surface area contributed by atoms with Crippen LogP contribution in [-0.4, -0.2) is 32.4 Å². The van der Waals surface area contributed by atoms with Gasteiger partial charge in [0, 0.05) is 29.8 Å². The maximum absolute atomic E-state index is 12.4. The fourth-order valence-electron chi connectivity index (χ4n) is 2.71. The lowest BCUT2D eigenvalue weighted by Crippen LogP contribution is -2.25. The minimum atomic E-state index is -3.67. The first-order valence-corrected chi connectivity index (χ1v) is 10.2. The van der Waals surface area contributed by atoms with Crippen molar-refractivity contribution >= 4 is 27.3 Å². The second kappa shape index (κ2) is 8.05. The van der Waals surface area contributed by atoms with Crippen LogP contribution in [0.5, 0.6) is 5.75 Å². The molecule has 0 saturated heterocycles. The predicted molar refractivity (Wildman–Crippen MR) is 105 cm³/mol. The van der Waals surface area contributed by atoms with E-state index >= 15 is 0 Å². The van der Waals surface area contributed by atoms with Gasteiger partial charge in [-0.2, -0.15) is 0 Å². The van der Waals surface area contributed by atoms with Crippen LogP contribution in [0.15, 0.2) is 41.3 Å². The molecular weight excluding hydrogens is 400 g/mol. The van der Waals surface area contributed by atoms with Gasteiger partial charge in [-0.1, -0.05) is 0 Å². The number of benzene rings is 2. The fraction of sp³-hybridized carbons (Fsp3) is 0.278. The molecule has 0 bridgehead atoms. The summed E-state index contributed by atoms with van der Waals surface area (Å²) in [6.07, 6.45) is 1.62. The summed E-state index contributed by atoms with van der Waals surface area (Å²) < 4.78 is 32.7. The molecule has 0 aliphatic heterocycles. The molecule has 1 saturated carbocycles. The van der Waals surface area contributed by atoms with Gasteiger partial charge in [-0.3, -0.25) is 14.9 Å². The van der Waals surface area contributed by atoms with Gasteiger partial charge in [-0.25, -0.2) is 13.1 Å². The number of nitrogens with one attached hydrogen (secondary N) is 2. The molecule has 154 valence electrons. The molecule has 1 aliphatic carbocycles. The molecule has 3 rings (SSSR count). The molecule has 4 N–H and O–H groups in total. The molecule has 0 spiro atoms. The topological polar surface area (TPSA) is 154 Å². The van der Waals surface area contributed by atoms with E-state index in [4.69, 9.17) is 10.5 Å². The van der Waals surface area contributed by atoms with Crippen LogP contribution in [0.3, 0.4) is 0 Å². The summed E-state index contributed by atoms with van der Waals surface area (Å²) in [5.41, 5.74) is 5.59. The van der Waals surface area contributed by atoms with Gasteiger partial charge in [0.2, 0.25) is 15.9 Å². The zero-order valence-corrected chi connectivity index (χ0v) is 16.4. The van der Waals surface area contributed by atoms with E-state index in [1.807, 2.05) is 0 Å². The number of sulfonamides is 1. The summed E-state index contributed by atoms with van der Waals surface area (Å²) in [6, 6.07) is 8.24. The summed E-state index contributed by atoms with van der Waals surface area (Å²) in [7, 11) is -2.24. The number of nitro groups is 1. The first kappa shape index (κ1) is 20.6. The van der Waals surface area contributed by atoms with E-state index in [-0.39, 0.29) is 28.7 Å². The van der Waals surface area contributed by atoms with Crippen LogP contribution in [0.25, 0.3) is 0 Å². The Labute approximate surface area is 167 Å². The number of carbonyl (C=O) groups is 1. The minimum absolute atomic E-state index is 0.00523. The normalized spacial score (nSPS) is 13.7. The number of nitrogens with zero attached hydrogens (tertiary/aromatic N) is 1. The van der Waals surface area contributed by atoms with Crippen molar-refractivity contribution in [2.24, 2.45) is 5.73 Å². The Morgan fingerprint density at radius 2 is 2.00 bits per heavy atom. The van der Waals surface area contributed by atoms with E-state index in [0.717, 1.165) is 18.9 Å². The molecule has 0 radical (unpaired) electrons. The smallest absolute Gasteiger partial charge is 0.275 e. The Morgan fingerprint density at radius 3 is 2.59 bits per heavy atom. The highest BCUT2D eigenvalue weighted by Gasteiger charge is 2.28. The van der Waals surface area contributed by atoms with Gasteiger partial charge < -0.3 is 15.8 Å². The van der Waals surface area contributed by atoms with Gasteiger partial charge in [0.05, 0.1) is 22.6 Å². The summed E-state index contributed by atoms with van der Waals surface area (Å²) >= 11 is 0. The number of anilines is 1. The molecular formula is C18H20N4O6S. The van der Waals surface area contributed by atoms with Crippen LogP contribution in [0.2, 0.25) is 0 Å². The third-order valence-corrected chi connectivity index (χ3v) is 5.93. The highest BCUT2D eigenvalue weighted by atomic mass is 32.2. The predicted octanol–water partition coefficient (Wildman–Crippen LogP) is 1.76. The van der Waals surface area contributed by atoms with E-state index in [0.29, 0.717) is 17.0 Å². The van der Waals surface area contributed by atoms with Gasteiger partial charge in [-0.05, 0) is 43.2 Å². The van der Waals surface area contributed by atoms with Crippen LogP contribution >= 0.6 is 0 Å². The van der Waals surface area contributed by atoms with Crippen LogP contribution in [0.4, 0.5) is 11.4 Å². The van der Waals surface area contributed by atoms with Crippen molar-refractivity contribution in [2.45, 2.75) is 30.3 Å². The van der Waals surface area contributed by atoms with E-state index in [1.165, 1.54) is 37.4 Å². The molecule has 1 aliphatic rings. The third kappa shape index (κ3) is 4.81. The maximum atomic E-state index is 12.4. The molecule has 29 heavy (non-hydrogen) atoms. The molecule has 2 aromatic rings. The molecule has 0 aromatic heterocycles. The first-order chi connectivity index (χ1) is 13.7. The van der Waals surface area contributed by atoms with Crippen LogP contribution < -0.4 is 20.5 Å². The molecule has 1 amide bonds. The minimum Gasteiger partial charge on any atom is -0.495 e. The zero-order chi connectivity index (χ0) is 21.2. The average Bonchev–Trinajstić information content (AvgIpc) is 3.49. The molecule has 10 nitrogen and oxygen atoms in total. The fourth-order valence-corrected chi connectivity index (χ4v) is 4.04. The lowest BCUT2D eigenvalue weighted by molar-refractivity contribution is -0.385. The SMILES string of the molecule is COc1ccc(S(=O)(=O)NC2CC2)cc1NCc1ccc(C(N)=O)cc1[N+](=O)[O-]. The molecule has 1 fully saturated rings. The van der Waals surface area contributed by atoms with Gasteiger partial charge in [0.25, 0.3) is 5.69 Å². The highest BCUT2D eigenvalue weighted by molar-refractivity contribution is 7.89. The van der Waals surface area contributed by atoms with Gasteiger partial charge >= 0.3 is 0 Å². The van der Waals surface area contributed by atoms with E-state index in [2.05, 4.69) is 10.0 Å². The second-order valence-corrected chi connectivity index (χ2v) is 8.29. The number of carbonyl (C=O) groups excluding carboxylic acids is 1. The quantitative estimate of drug-likeness (QED) is 0.412. The van der Waals surface area contributed by atoms with Crippen molar-refractivity contribution in [3.63, 3.8) is 0 Å². The van der Waals surface area contributed by atoms with Crippen molar-refractivity contribution in [3.8, 4) is 5.75 Å². The van der Waals surface area contributed by atoms with Crippen molar-refractivity contribution in [3.05, 3.63) is 57.6 Å². The third-order valence-electron chi connectivity index (χ3n) is 4.42. The number of ether oxygens (including phenoxy) is 1. The number of nitrogens with two attached hydrogens (primary N) is 1. The standard InChI is InChI=1S/C18H20N4O6S/c1-28-17-7-6-14(29(26,27)21-13-4-5-13)9-15(17)20-10-12-3-2-11(18(19)23)8-16(12)22(24)25/h2-3,6-9,13,20-21H,4-5,10H2,1H3,(H2,19,23). The van der Waals surface area contributed by atoms with Crippen LogP contribution in [-0.2, 0) is 16.6 Å². The van der Waals surface area contributed by atoms with Crippen LogP contribution in [0.1, 0.15) is 28.8 Å². The van der Waals surface area contributed by atoms with Crippen LogP contribution in [0, 0.1) is 10.1 Å². The average molecular weight is 420 g/mol. The number of hydrogen-bond acceptors (Lipinski definition) is 7. The van der Waals surface area contributed by atoms with Crippen molar-refractivity contribution < 1.29 is 22.9 Å². The maximum Gasteiger partial charge on any atom is 0.275 e. The Morgan fingerprint density at radius 1 is 1.28 bits per heavy atom. The summed E-state index contributed by atoms with van der Waals surface area (Å²) in [5.74, 6) is -0.387. The zero-order valence-electron chi connectivity index (χ0n) is 15.5. The number of nitro benzene ring substituents is 1. The molecule has 11 heteroatoms. The van der Waals surface area contributed by atoms with Gasteiger partial charge in [0.15, 0.2) is 0 Å². The van der Waals surface area contributed by atoms with Gasteiger partial charge in [-0.15, -0.1) is 0 Å². The number of amides is 1. The van der Waals surface area contributed by atoms with Crippen molar-refractivity contribution in [1.82, 2.24) is 4.72 Å². The first-order valence-electron chi connectivity index (χ1n) is 8.72.